The van der Waals surface area contributed by atoms with Gasteiger partial charge in [-0.1, -0.05) is 6.07 Å². The van der Waals surface area contributed by atoms with Crippen molar-refractivity contribution in [3.8, 4) is 0 Å². The van der Waals surface area contributed by atoms with Gasteiger partial charge < -0.3 is 25.0 Å². The highest BCUT2D eigenvalue weighted by Gasteiger charge is 2.15. The Bertz CT molecular complexity index is 583. The number of morpholine rings is 1. The molecule has 1 saturated heterocycles. The van der Waals surface area contributed by atoms with Crippen LogP contribution in [0, 0.1) is 5.82 Å². The summed E-state index contributed by atoms with van der Waals surface area (Å²) in [4.78, 5) is 6.59. The second-order valence-corrected chi connectivity index (χ2v) is 6.41. The number of anilines is 1. The first-order chi connectivity index (χ1) is 13.2. The number of aliphatic imine (C=N–C) groups is 1. The fraction of sp³-hybridized carbons (Fsp3) is 0.650. The highest BCUT2D eigenvalue weighted by Crippen LogP contribution is 2.21. The zero-order chi connectivity index (χ0) is 19.3. The molecule has 2 N–H and O–H groups in total. The van der Waals surface area contributed by atoms with E-state index in [2.05, 4.69) is 15.6 Å². The summed E-state index contributed by atoms with van der Waals surface area (Å²) in [6, 6.07) is 5.38. The van der Waals surface area contributed by atoms with Gasteiger partial charge in [-0.15, -0.1) is 24.0 Å². The van der Waals surface area contributed by atoms with Crippen molar-refractivity contribution in [3.05, 3.63) is 29.6 Å². The van der Waals surface area contributed by atoms with E-state index in [1.807, 2.05) is 30.9 Å². The maximum absolute atomic E-state index is 14.5. The first kappa shape index (κ1) is 24.9. The fourth-order valence-electron chi connectivity index (χ4n) is 2.90. The van der Waals surface area contributed by atoms with Gasteiger partial charge in [-0.05, 0) is 44.4 Å². The molecule has 1 aromatic rings. The molecule has 1 aliphatic rings. The molecule has 0 amide bonds. The van der Waals surface area contributed by atoms with Gasteiger partial charge in [-0.2, -0.15) is 0 Å². The van der Waals surface area contributed by atoms with Crippen LogP contribution >= 0.6 is 24.0 Å². The number of ether oxygens (including phenoxy) is 2. The predicted octanol–water partition coefficient (Wildman–Crippen LogP) is 3.15. The molecule has 0 bridgehead atoms. The van der Waals surface area contributed by atoms with Crippen LogP contribution in [-0.4, -0.2) is 58.6 Å². The lowest BCUT2D eigenvalue weighted by Crippen LogP contribution is -2.37. The molecule has 1 fully saturated rings. The number of rotatable bonds is 10. The van der Waals surface area contributed by atoms with Crippen molar-refractivity contribution in [3.63, 3.8) is 0 Å². The Morgan fingerprint density at radius 3 is 2.68 bits per heavy atom. The molecule has 0 unspecified atom stereocenters. The Labute approximate surface area is 185 Å². The van der Waals surface area contributed by atoms with Crippen molar-refractivity contribution in [2.45, 2.75) is 33.2 Å². The minimum atomic E-state index is -0.196. The van der Waals surface area contributed by atoms with Crippen LogP contribution in [0.1, 0.15) is 32.3 Å². The van der Waals surface area contributed by atoms with Crippen molar-refractivity contribution in [2.24, 2.45) is 4.99 Å². The summed E-state index contributed by atoms with van der Waals surface area (Å²) in [5.41, 5.74) is 1.50. The molecule has 2 rings (SSSR count). The number of benzene rings is 1. The molecule has 1 heterocycles. The highest BCUT2D eigenvalue weighted by atomic mass is 127. The first-order valence-corrected chi connectivity index (χ1v) is 9.95. The Morgan fingerprint density at radius 1 is 1.21 bits per heavy atom. The van der Waals surface area contributed by atoms with E-state index < -0.39 is 0 Å². The SMILES string of the molecule is CCNC(=NCc1ccc(N2CCOCC2)c(F)c1)NCCCCOCC.I. The smallest absolute Gasteiger partial charge is 0.191 e. The average molecular weight is 508 g/mol. The molecule has 0 aromatic heterocycles. The molecule has 8 heteroatoms. The Morgan fingerprint density at radius 2 is 2.00 bits per heavy atom. The molecule has 160 valence electrons. The van der Waals surface area contributed by atoms with E-state index in [1.54, 1.807) is 6.07 Å². The molecule has 0 atom stereocenters. The van der Waals surface area contributed by atoms with Gasteiger partial charge in [0.2, 0.25) is 0 Å². The maximum Gasteiger partial charge on any atom is 0.191 e. The summed E-state index contributed by atoms with van der Waals surface area (Å²) in [6.45, 7) is 10.4. The molecule has 1 aromatic carbocycles. The second kappa shape index (κ2) is 14.8. The topological polar surface area (TPSA) is 58.1 Å². The van der Waals surface area contributed by atoms with E-state index >= 15 is 0 Å². The van der Waals surface area contributed by atoms with Crippen molar-refractivity contribution in [1.82, 2.24) is 10.6 Å². The summed E-state index contributed by atoms with van der Waals surface area (Å²) < 4.78 is 25.2. The van der Waals surface area contributed by atoms with Gasteiger partial charge in [-0.3, -0.25) is 0 Å². The monoisotopic (exact) mass is 508 g/mol. The lowest BCUT2D eigenvalue weighted by atomic mass is 10.1. The van der Waals surface area contributed by atoms with Gasteiger partial charge in [0.05, 0.1) is 25.4 Å². The Balaban J connectivity index is 0.00000392. The summed E-state index contributed by atoms with van der Waals surface area (Å²) >= 11 is 0. The minimum absolute atomic E-state index is 0. The molecule has 28 heavy (non-hydrogen) atoms. The third-order valence-corrected chi connectivity index (χ3v) is 4.34. The lowest BCUT2D eigenvalue weighted by Gasteiger charge is -2.29. The molecular weight excluding hydrogens is 474 g/mol. The summed E-state index contributed by atoms with van der Waals surface area (Å²) in [5, 5.41) is 6.54. The summed E-state index contributed by atoms with van der Waals surface area (Å²) in [7, 11) is 0. The third kappa shape index (κ3) is 8.91. The largest absolute Gasteiger partial charge is 0.382 e. The number of nitrogens with one attached hydrogen (secondary N) is 2. The van der Waals surface area contributed by atoms with Gasteiger partial charge in [0.1, 0.15) is 5.82 Å². The van der Waals surface area contributed by atoms with Crippen LogP contribution in [0.15, 0.2) is 23.2 Å². The summed E-state index contributed by atoms with van der Waals surface area (Å²) in [6.07, 6.45) is 2.04. The zero-order valence-corrected chi connectivity index (χ0v) is 19.3. The van der Waals surface area contributed by atoms with Crippen LogP contribution in [0.3, 0.4) is 0 Å². The zero-order valence-electron chi connectivity index (χ0n) is 17.0. The number of hydrogen-bond acceptors (Lipinski definition) is 4. The number of guanidine groups is 1. The molecule has 0 radical (unpaired) electrons. The molecule has 0 aliphatic carbocycles. The van der Waals surface area contributed by atoms with E-state index in [0.717, 1.165) is 63.8 Å². The van der Waals surface area contributed by atoms with Gasteiger partial charge in [-0.25, -0.2) is 9.38 Å². The van der Waals surface area contributed by atoms with E-state index in [9.17, 15) is 4.39 Å². The van der Waals surface area contributed by atoms with Gasteiger partial charge >= 0.3 is 0 Å². The van der Waals surface area contributed by atoms with E-state index in [0.29, 0.717) is 25.4 Å². The molecule has 0 saturated carbocycles. The van der Waals surface area contributed by atoms with E-state index in [1.165, 1.54) is 0 Å². The molecular formula is C20H34FIN4O2. The molecule has 6 nitrogen and oxygen atoms in total. The number of nitrogens with zero attached hydrogens (tertiary/aromatic N) is 2. The second-order valence-electron chi connectivity index (χ2n) is 6.41. The molecule has 1 aliphatic heterocycles. The highest BCUT2D eigenvalue weighted by molar-refractivity contribution is 14.0. The number of hydrogen-bond donors (Lipinski definition) is 2. The van der Waals surface area contributed by atoms with Crippen LogP contribution in [0.2, 0.25) is 0 Å². The Kier molecular flexibility index (Phi) is 13.2. The maximum atomic E-state index is 14.5. The van der Waals surface area contributed by atoms with Crippen molar-refractivity contribution >= 4 is 35.6 Å². The van der Waals surface area contributed by atoms with Gasteiger partial charge in [0.25, 0.3) is 0 Å². The third-order valence-electron chi connectivity index (χ3n) is 4.34. The van der Waals surface area contributed by atoms with Crippen LogP contribution in [0.4, 0.5) is 10.1 Å². The van der Waals surface area contributed by atoms with Crippen molar-refractivity contribution in [2.75, 3.05) is 57.5 Å². The van der Waals surface area contributed by atoms with Crippen LogP contribution in [-0.2, 0) is 16.0 Å². The minimum Gasteiger partial charge on any atom is -0.382 e. The number of halogens is 2. The van der Waals surface area contributed by atoms with Gasteiger partial charge in [0.15, 0.2) is 5.96 Å². The standard InChI is InChI=1S/C20H33FN4O2.HI/c1-3-22-20(23-9-5-6-12-26-4-2)24-16-17-7-8-19(18(21)15-17)25-10-13-27-14-11-25;/h7-8,15H,3-6,9-14,16H2,1-2H3,(H2,22,23,24);1H. The van der Waals surface area contributed by atoms with Crippen LogP contribution in [0.5, 0.6) is 0 Å². The van der Waals surface area contributed by atoms with Crippen molar-refractivity contribution < 1.29 is 13.9 Å². The quantitative estimate of drug-likeness (QED) is 0.220. The normalized spacial score (nSPS) is 14.5. The first-order valence-electron chi connectivity index (χ1n) is 9.95. The summed E-state index contributed by atoms with van der Waals surface area (Å²) in [5.74, 6) is 0.560. The predicted molar refractivity (Wildman–Crippen MR) is 123 cm³/mol. The van der Waals surface area contributed by atoms with Crippen molar-refractivity contribution in [1.29, 1.82) is 0 Å². The Hall–Kier alpha value is -1.13. The van der Waals surface area contributed by atoms with Crippen LogP contribution in [0.25, 0.3) is 0 Å². The van der Waals surface area contributed by atoms with Crippen LogP contribution < -0.4 is 15.5 Å². The average Bonchev–Trinajstić information content (AvgIpc) is 2.69. The molecule has 0 spiro atoms. The van der Waals surface area contributed by atoms with E-state index in [4.69, 9.17) is 9.47 Å². The van der Waals surface area contributed by atoms with E-state index in [-0.39, 0.29) is 29.8 Å². The lowest BCUT2D eigenvalue weighted by molar-refractivity contribution is 0.122. The number of unbranched alkanes of at least 4 members (excludes halogenated alkanes) is 1. The fourth-order valence-corrected chi connectivity index (χ4v) is 2.90. The van der Waals surface area contributed by atoms with Gasteiger partial charge in [0, 0.05) is 39.4 Å².